The molecular weight excluding hydrogens is 424 g/mol. The Hall–Kier alpha value is -3.14. The number of ether oxygens (including phenoxy) is 1. The van der Waals surface area contributed by atoms with Gasteiger partial charge in [-0.1, -0.05) is 49.0 Å². The number of nitrogens with one attached hydrogen (secondary N) is 1. The maximum Gasteiger partial charge on any atom is 0.387 e. The van der Waals surface area contributed by atoms with Gasteiger partial charge in [0.25, 0.3) is 0 Å². The molecule has 1 heterocycles. The summed E-state index contributed by atoms with van der Waals surface area (Å²) in [4.78, 5) is 12.5. The fraction of sp³-hybridized carbons (Fsp3) is 0.286. The number of thioether (sulfide) groups is 1. The first-order chi connectivity index (χ1) is 14.8. The number of aromatic nitrogens is 3. The molecule has 0 spiro atoms. The molecule has 2 unspecified atom stereocenters. The van der Waals surface area contributed by atoms with Crippen LogP contribution in [0.2, 0.25) is 0 Å². The third-order valence-corrected chi connectivity index (χ3v) is 5.66. The van der Waals surface area contributed by atoms with Gasteiger partial charge >= 0.3 is 6.61 Å². The number of nitrogen functional groups attached to an aromatic ring is 1. The van der Waals surface area contributed by atoms with Crippen molar-refractivity contribution < 1.29 is 18.3 Å². The monoisotopic (exact) mass is 447 g/mol. The van der Waals surface area contributed by atoms with E-state index in [-0.39, 0.29) is 17.6 Å². The molecule has 0 saturated heterocycles. The minimum atomic E-state index is -2.89. The lowest BCUT2D eigenvalue weighted by atomic mass is 10.0. The summed E-state index contributed by atoms with van der Waals surface area (Å²) in [6.07, 6.45) is 0. The fourth-order valence-electron chi connectivity index (χ4n) is 2.85. The lowest BCUT2D eigenvalue weighted by Crippen LogP contribution is -2.33. The van der Waals surface area contributed by atoms with Crippen molar-refractivity contribution in [1.82, 2.24) is 20.2 Å². The van der Waals surface area contributed by atoms with Crippen molar-refractivity contribution in [3.05, 3.63) is 60.2 Å². The average molecular weight is 448 g/mol. The van der Waals surface area contributed by atoms with Crippen molar-refractivity contribution in [2.75, 3.05) is 12.4 Å². The van der Waals surface area contributed by atoms with E-state index in [1.807, 2.05) is 37.3 Å². The third kappa shape index (κ3) is 5.94. The Morgan fingerprint density at radius 1 is 1.13 bits per heavy atom. The minimum Gasteiger partial charge on any atom is -0.435 e. The molecule has 3 N–H and O–H groups in total. The van der Waals surface area contributed by atoms with Gasteiger partial charge in [-0.3, -0.25) is 4.79 Å². The van der Waals surface area contributed by atoms with Gasteiger partial charge in [0, 0.05) is 12.1 Å². The van der Waals surface area contributed by atoms with Crippen LogP contribution in [-0.4, -0.2) is 39.2 Å². The second kappa shape index (κ2) is 10.3. The molecule has 3 aromatic rings. The molecule has 2 aromatic carbocycles. The molecule has 0 radical (unpaired) electrons. The maximum absolute atomic E-state index is 12.5. The Morgan fingerprint density at radius 2 is 1.81 bits per heavy atom. The number of carbonyl (C=O) groups is 1. The molecular formula is C21H23F2N5O2S. The first-order valence-electron chi connectivity index (χ1n) is 9.60. The zero-order valence-electron chi connectivity index (χ0n) is 17.0. The Balaban J connectivity index is 1.58. The van der Waals surface area contributed by atoms with Gasteiger partial charge in [-0.05, 0) is 42.7 Å². The quantitative estimate of drug-likeness (QED) is 0.384. The topological polar surface area (TPSA) is 95.1 Å². The van der Waals surface area contributed by atoms with E-state index in [0.717, 1.165) is 5.56 Å². The van der Waals surface area contributed by atoms with E-state index in [9.17, 15) is 13.6 Å². The number of alkyl halides is 2. The van der Waals surface area contributed by atoms with Crippen molar-refractivity contribution in [1.29, 1.82) is 0 Å². The molecule has 164 valence electrons. The Bertz CT molecular complexity index is 999. The summed E-state index contributed by atoms with van der Waals surface area (Å²) in [6.45, 7) is 1.43. The Kier molecular flexibility index (Phi) is 7.45. The van der Waals surface area contributed by atoms with Crippen molar-refractivity contribution in [3.8, 4) is 17.1 Å². The molecule has 0 aliphatic carbocycles. The van der Waals surface area contributed by atoms with Gasteiger partial charge in [0.05, 0.1) is 5.25 Å². The number of hydrogen-bond acceptors (Lipinski definition) is 6. The van der Waals surface area contributed by atoms with E-state index >= 15 is 0 Å². The molecule has 2 atom stereocenters. The van der Waals surface area contributed by atoms with Gasteiger partial charge in [-0.15, -0.1) is 10.2 Å². The molecule has 0 aliphatic rings. The van der Waals surface area contributed by atoms with E-state index in [4.69, 9.17) is 5.84 Å². The maximum atomic E-state index is 12.5. The largest absolute Gasteiger partial charge is 0.435 e. The van der Waals surface area contributed by atoms with Gasteiger partial charge in [-0.25, -0.2) is 4.68 Å². The SMILES string of the molecule is CC(Sc1nnc(-c2ccc(OC(F)F)cc2)n1N)C(=O)NCC(C)c1ccccc1. The molecule has 10 heteroatoms. The molecule has 31 heavy (non-hydrogen) atoms. The Labute approximate surface area is 183 Å². The number of amides is 1. The number of halogens is 2. The zero-order valence-corrected chi connectivity index (χ0v) is 17.9. The second-order valence-electron chi connectivity index (χ2n) is 6.90. The number of carbonyl (C=O) groups excluding carboxylic acids is 1. The third-order valence-electron chi connectivity index (χ3n) is 4.60. The van der Waals surface area contributed by atoms with Crippen molar-refractivity contribution in [2.24, 2.45) is 0 Å². The summed E-state index contributed by atoms with van der Waals surface area (Å²) < 4.78 is 30.2. The van der Waals surface area contributed by atoms with Crippen LogP contribution in [-0.2, 0) is 4.79 Å². The first kappa shape index (κ1) is 22.5. The summed E-state index contributed by atoms with van der Waals surface area (Å²) in [6, 6.07) is 15.9. The van der Waals surface area contributed by atoms with Gasteiger partial charge in [0.1, 0.15) is 5.75 Å². The first-order valence-corrected chi connectivity index (χ1v) is 10.5. The predicted octanol–water partition coefficient (Wildman–Crippen LogP) is 3.66. The van der Waals surface area contributed by atoms with Crippen LogP contribution in [0.15, 0.2) is 59.8 Å². The van der Waals surface area contributed by atoms with Crippen LogP contribution in [0, 0.1) is 0 Å². The highest BCUT2D eigenvalue weighted by atomic mass is 32.2. The standard InChI is InChI=1S/C21H23F2N5O2S/c1-13(15-6-4-3-5-7-15)12-25-19(29)14(2)31-21-27-26-18(28(21)24)16-8-10-17(11-9-16)30-20(22)23/h3-11,13-14,20H,12,24H2,1-2H3,(H,25,29). The summed E-state index contributed by atoms with van der Waals surface area (Å²) in [7, 11) is 0. The van der Waals surface area contributed by atoms with Gasteiger partial charge in [0.2, 0.25) is 11.1 Å². The summed E-state index contributed by atoms with van der Waals surface area (Å²) >= 11 is 1.18. The molecule has 7 nitrogen and oxygen atoms in total. The zero-order chi connectivity index (χ0) is 22.4. The van der Waals surface area contributed by atoms with Crippen LogP contribution >= 0.6 is 11.8 Å². The van der Waals surface area contributed by atoms with Crippen LogP contribution in [0.5, 0.6) is 5.75 Å². The predicted molar refractivity (Wildman–Crippen MR) is 115 cm³/mol. The lowest BCUT2D eigenvalue weighted by molar-refractivity contribution is -0.120. The molecule has 1 amide bonds. The lowest BCUT2D eigenvalue weighted by Gasteiger charge is -2.15. The summed E-state index contributed by atoms with van der Waals surface area (Å²) in [5.41, 5.74) is 1.73. The number of rotatable bonds is 9. The van der Waals surface area contributed by atoms with E-state index < -0.39 is 11.9 Å². The molecule has 0 bridgehead atoms. The number of nitrogens with two attached hydrogens (primary N) is 1. The molecule has 0 fully saturated rings. The minimum absolute atomic E-state index is 0.0338. The van der Waals surface area contributed by atoms with Crippen LogP contribution in [0.25, 0.3) is 11.4 Å². The molecule has 3 rings (SSSR count). The molecule has 0 saturated carbocycles. The van der Waals surface area contributed by atoms with E-state index in [0.29, 0.717) is 23.1 Å². The van der Waals surface area contributed by atoms with E-state index in [1.54, 1.807) is 19.1 Å². The smallest absolute Gasteiger partial charge is 0.387 e. The van der Waals surface area contributed by atoms with Crippen LogP contribution in [0.1, 0.15) is 25.3 Å². The molecule has 0 aliphatic heterocycles. The number of benzene rings is 2. The average Bonchev–Trinajstić information content (AvgIpc) is 3.12. The van der Waals surface area contributed by atoms with E-state index in [1.165, 1.54) is 28.6 Å². The highest BCUT2D eigenvalue weighted by Gasteiger charge is 2.20. The normalized spacial score (nSPS) is 13.1. The van der Waals surface area contributed by atoms with Crippen LogP contribution < -0.4 is 15.9 Å². The van der Waals surface area contributed by atoms with Crippen molar-refractivity contribution in [3.63, 3.8) is 0 Å². The summed E-state index contributed by atoms with van der Waals surface area (Å²) in [5, 5.41) is 11.0. The van der Waals surface area contributed by atoms with Crippen molar-refractivity contribution in [2.45, 2.75) is 36.8 Å². The number of nitrogens with zero attached hydrogens (tertiary/aromatic N) is 3. The number of hydrogen-bond donors (Lipinski definition) is 2. The fourth-order valence-corrected chi connectivity index (χ4v) is 3.64. The highest BCUT2D eigenvalue weighted by molar-refractivity contribution is 8.00. The summed E-state index contributed by atoms with van der Waals surface area (Å²) in [5.74, 6) is 6.52. The second-order valence-corrected chi connectivity index (χ2v) is 8.20. The Morgan fingerprint density at radius 3 is 2.45 bits per heavy atom. The van der Waals surface area contributed by atoms with Gasteiger partial charge in [-0.2, -0.15) is 8.78 Å². The highest BCUT2D eigenvalue weighted by Crippen LogP contribution is 2.26. The van der Waals surface area contributed by atoms with E-state index in [2.05, 4.69) is 20.3 Å². The van der Waals surface area contributed by atoms with Gasteiger partial charge < -0.3 is 15.9 Å². The van der Waals surface area contributed by atoms with Crippen molar-refractivity contribution >= 4 is 17.7 Å². The molecule has 1 aromatic heterocycles. The van der Waals surface area contributed by atoms with Crippen LogP contribution in [0.4, 0.5) is 8.78 Å². The van der Waals surface area contributed by atoms with Crippen LogP contribution in [0.3, 0.4) is 0 Å². The van der Waals surface area contributed by atoms with Gasteiger partial charge in [0.15, 0.2) is 5.82 Å².